The van der Waals surface area contributed by atoms with E-state index in [1.807, 2.05) is 42.7 Å². The van der Waals surface area contributed by atoms with Crippen molar-refractivity contribution in [2.45, 2.75) is 52.2 Å². The summed E-state index contributed by atoms with van der Waals surface area (Å²) in [6, 6.07) is 4.10. The molecule has 150 valence electrons. The molecule has 6 nitrogen and oxygen atoms in total. The zero-order valence-electron chi connectivity index (χ0n) is 16.8. The van der Waals surface area contributed by atoms with Crippen LogP contribution < -0.4 is 5.73 Å². The van der Waals surface area contributed by atoms with Gasteiger partial charge in [0.25, 0.3) is 0 Å². The van der Waals surface area contributed by atoms with Gasteiger partial charge in [-0.1, -0.05) is 12.1 Å². The van der Waals surface area contributed by atoms with Crippen LogP contribution in [-0.2, 0) is 11.2 Å². The van der Waals surface area contributed by atoms with Crippen molar-refractivity contribution in [2.24, 2.45) is 11.7 Å². The molecule has 0 spiro atoms. The Kier molecular flexibility index (Phi) is 6.27. The van der Waals surface area contributed by atoms with E-state index >= 15 is 0 Å². The molecule has 2 atom stereocenters. The van der Waals surface area contributed by atoms with E-state index in [4.69, 9.17) is 10.5 Å². The summed E-state index contributed by atoms with van der Waals surface area (Å²) in [6.07, 6.45) is 2.45. The van der Waals surface area contributed by atoms with Gasteiger partial charge in [0.15, 0.2) is 0 Å². The molecule has 0 aromatic heterocycles. The van der Waals surface area contributed by atoms with Crippen molar-refractivity contribution in [2.75, 3.05) is 32.7 Å². The Labute approximate surface area is 162 Å². The Morgan fingerprint density at radius 1 is 1.30 bits per heavy atom. The second-order valence-corrected chi connectivity index (χ2v) is 7.68. The Hall–Kier alpha value is -1.79. The van der Waals surface area contributed by atoms with Crippen molar-refractivity contribution < 1.29 is 14.6 Å². The first-order chi connectivity index (χ1) is 13.0. The molecule has 2 amide bonds. The summed E-state index contributed by atoms with van der Waals surface area (Å²) in [7, 11) is 0. The molecule has 1 fully saturated rings. The van der Waals surface area contributed by atoms with Crippen molar-refractivity contribution in [3.63, 3.8) is 0 Å². The highest BCUT2D eigenvalue weighted by Gasteiger charge is 2.36. The van der Waals surface area contributed by atoms with Crippen molar-refractivity contribution in [1.82, 2.24) is 9.80 Å². The van der Waals surface area contributed by atoms with E-state index in [1.165, 1.54) is 0 Å². The number of nitrogens with zero attached hydrogens (tertiary/aromatic N) is 2. The fourth-order valence-electron chi connectivity index (χ4n) is 4.44. The topological polar surface area (TPSA) is 79.0 Å². The lowest BCUT2D eigenvalue weighted by molar-refractivity contribution is -0.0631. The van der Waals surface area contributed by atoms with Gasteiger partial charge >= 0.3 is 6.03 Å². The normalized spacial score (nSPS) is 23.2. The van der Waals surface area contributed by atoms with E-state index in [-0.39, 0.29) is 18.2 Å². The predicted octanol–water partition coefficient (Wildman–Crippen LogP) is 2.82. The number of nitrogens with two attached hydrogens (primary N) is 1. The maximum atomic E-state index is 12.6. The van der Waals surface area contributed by atoms with Gasteiger partial charge in [0, 0.05) is 44.7 Å². The minimum atomic E-state index is -0.166. The van der Waals surface area contributed by atoms with Crippen LogP contribution in [0.4, 0.5) is 4.79 Å². The highest BCUT2D eigenvalue weighted by molar-refractivity contribution is 5.74. The maximum Gasteiger partial charge on any atom is 0.319 e. The van der Waals surface area contributed by atoms with Gasteiger partial charge in [-0.3, -0.25) is 0 Å². The fourth-order valence-corrected chi connectivity index (χ4v) is 4.44. The van der Waals surface area contributed by atoms with Crippen LogP contribution in [0, 0.1) is 12.8 Å². The maximum absolute atomic E-state index is 12.6. The van der Waals surface area contributed by atoms with Gasteiger partial charge < -0.3 is 25.4 Å². The summed E-state index contributed by atoms with van der Waals surface area (Å²) >= 11 is 0. The number of piperidine rings is 1. The molecule has 1 aromatic carbocycles. The van der Waals surface area contributed by atoms with Gasteiger partial charge in [0.1, 0.15) is 5.75 Å². The van der Waals surface area contributed by atoms with Crippen molar-refractivity contribution in [3.05, 3.63) is 28.8 Å². The van der Waals surface area contributed by atoms with Gasteiger partial charge in [0.2, 0.25) is 0 Å². The number of hydrogen-bond acceptors (Lipinski definition) is 4. The van der Waals surface area contributed by atoms with Gasteiger partial charge in [0.05, 0.1) is 12.2 Å². The lowest BCUT2D eigenvalue weighted by Crippen LogP contribution is -2.48. The molecule has 1 aromatic rings. The first kappa shape index (κ1) is 20.0. The Balaban J connectivity index is 1.68. The van der Waals surface area contributed by atoms with Crippen molar-refractivity contribution >= 4 is 6.03 Å². The molecule has 0 saturated carbocycles. The highest BCUT2D eigenvalue weighted by atomic mass is 16.5. The molecule has 3 N–H and O–H groups in total. The van der Waals surface area contributed by atoms with E-state index in [2.05, 4.69) is 0 Å². The van der Waals surface area contributed by atoms with Crippen LogP contribution in [0.5, 0.6) is 5.75 Å². The molecular weight excluding hydrogens is 342 g/mol. The standard InChI is InChI=1S/C21H33N3O3/c1-4-23(5-2)21(26)24-10-8-15(9-11-24)18-12-17-16(19(13-22)27-18)7-6-14(3)20(17)25/h6-7,15,18-19,25H,4-5,8-13,22H2,1-3H3/t18-,19-/m0/s1. The quantitative estimate of drug-likeness (QED) is 0.848. The number of rotatable bonds is 4. The molecule has 0 unspecified atom stereocenters. The number of phenols is 1. The number of aromatic hydroxyl groups is 1. The molecule has 0 radical (unpaired) electrons. The van der Waals surface area contributed by atoms with Crippen LogP contribution in [0.15, 0.2) is 12.1 Å². The Morgan fingerprint density at radius 2 is 1.96 bits per heavy atom. The number of ether oxygens (including phenoxy) is 1. The minimum absolute atomic E-state index is 0.0458. The number of urea groups is 1. The summed E-state index contributed by atoms with van der Waals surface area (Å²) < 4.78 is 6.33. The number of likely N-dealkylation sites (tertiary alicyclic amines) is 1. The molecule has 0 aliphatic carbocycles. The molecule has 0 bridgehead atoms. The van der Waals surface area contributed by atoms with Gasteiger partial charge in [-0.25, -0.2) is 4.79 Å². The molecule has 2 heterocycles. The molecule has 2 aliphatic heterocycles. The number of fused-ring (bicyclic) bond motifs is 1. The second-order valence-electron chi connectivity index (χ2n) is 7.68. The summed E-state index contributed by atoms with van der Waals surface area (Å²) in [4.78, 5) is 16.4. The monoisotopic (exact) mass is 375 g/mol. The summed E-state index contributed by atoms with van der Waals surface area (Å²) in [6.45, 7) is 9.38. The number of hydrogen-bond donors (Lipinski definition) is 2. The number of carbonyl (C=O) groups is 1. The van der Waals surface area contributed by atoms with Gasteiger partial charge in [-0.05, 0) is 50.7 Å². The lowest BCUT2D eigenvalue weighted by Gasteiger charge is -2.41. The minimum Gasteiger partial charge on any atom is -0.507 e. The van der Waals surface area contributed by atoms with Crippen LogP contribution in [0.2, 0.25) is 0 Å². The zero-order chi connectivity index (χ0) is 19.6. The second kappa shape index (κ2) is 8.48. The average molecular weight is 376 g/mol. The van der Waals surface area contributed by atoms with E-state index in [0.29, 0.717) is 24.6 Å². The third-order valence-electron chi connectivity index (χ3n) is 6.20. The van der Waals surface area contributed by atoms with Crippen LogP contribution >= 0.6 is 0 Å². The first-order valence-electron chi connectivity index (χ1n) is 10.2. The van der Waals surface area contributed by atoms with Crippen LogP contribution in [0.1, 0.15) is 49.5 Å². The third kappa shape index (κ3) is 3.92. The molecule has 2 aliphatic rings. The van der Waals surface area contributed by atoms with Gasteiger partial charge in [-0.15, -0.1) is 0 Å². The first-order valence-corrected chi connectivity index (χ1v) is 10.2. The summed E-state index contributed by atoms with van der Waals surface area (Å²) in [5.74, 6) is 0.765. The Bertz CT molecular complexity index is 667. The fraction of sp³-hybridized carbons (Fsp3) is 0.667. The Morgan fingerprint density at radius 3 is 2.56 bits per heavy atom. The van der Waals surface area contributed by atoms with Crippen LogP contribution in [0.25, 0.3) is 0 Å². The van der Waals surface area contributed by atoms with E-state index < -0.39 is 0 Å². The largest absolute Gasteiger partial charge is 0.507 e. The number of phenolic OH excluding ortho intramolecular Hbond substituents is 1. The smallest absolute Gasteiger partial charge is 0.319 e. The third-order valence-corrected chi connectivity index (χ3v) is 6.20. The van der Waals surface area contributed by atoms with E-state index in [1.54, 1.807) is 0 Å². The predicted molar refractivity (Wildman–Crippen MR) is 106 cm³/mol. The number of amides is 2. The zero-order valence-corrected chi connectivity index (χ0v) is 16.8. The molecule has 3 rings (SSSR count). The number of carbonyl (C=O) groups excluding carboxylic acids is 1. The van der Waals surface area contributed by atoms with E-state index in [0.717, 1.165) is 55.7 Å². The summed E-state index contributed by atoms with van der Waals surface area (Å²) in [5.41, 5.74) is 8.86. The molecule has 1 saturated heterocycles. The number of aryl methyl sites for hydroxylation is 1. The lowest BCUT2D eigenvalue weighted by atomic mass is 9.83. The van der Waals surface area contributed by atoms with Gasteiger partial charge in [-0.2, -0.15) is 0 Å². The molecular formula is C21H33N3O3. The van der Waals surface area contributed by atoms with Crippen molar-refractivity contribution in [1.29, 1.82) is 0 Å². The van der Waals surface area contributed by atoms with E-state index in [9.17, 15) is 9.90 Å². The molecule has 27 heavy (non-hydrogen) atoms. The number of benzene rings is 1. The van der Waals surface area contributed by atoms with Crippen LogP contribution in [0.3, 0.4) is 0 Å². The van der Waals surface area contributed by atoms with Crippen molar-refractivity contribution in [3.8, 4) is 5.75 Å². The summed E-state index contributed by atoms with van der Waals surface area (Å²) in [5, 5.41) is 10.5. The van der Waals surface area contributed by atoms with Crippen LogP contribution in [-0.4, -0.2) is 59.8 Å². The SMILES string of the molecule is CCN(CC)C(=O)N1CCC([C@@H]2Cc3c(ccc(C)c3O)[C@H](CN)O2)CC1. The molecule has 6 heteroatoms. The average Bonchev–Trinajstić information content (AvgIpc) is 2.71. The highest BCUT2D eigenvalue weighted by Crippen LogP contribution is 2.40.